The van der Waals surface area contributed by atoms with Crippen LogP contribution in [-0.2, 0) is 4.74 Å². The molecule has 2 fully saturated rings. The van der Waals surface area contributed by atoms with E-state index in [0.29, 0.717) is 6.61 Å². The molecular formula is C22H23NO3. The van der Waals surface area contributed by atoms with Gasteiger partial charge in [-0.15, -0.1) is 0 Å². The number of amides is 1. The van der Waals surface area contributed by atoms with Crippen LogP contribution >= 0.6 is 0 Å². The van der Waals surface area contributed by atoms with Gasteiger partial charge in [0.25, 0.3) is 0 Å². The average molecular weight is 349 g/mol. The molecule has 4 heteroatoms. The number of carbonyl (C=O) groups is 1. The van der Waals surface area contributed by atoms with Gasteiger partial charge in [0.15, 0.2) is 0 Å². The lowest BCUT2D eigenvalue weighted by Gasteiger charge is -2.24. The van der Waals surface area contributed by atoms with Crippen molar-refractivity contribution in [2.75, 3.05) is 13.2 Å². The maximum absolute atomic E-state index is 12.8. The van der Waals surface area contributed by atoms with Gasteiger partial charge in [-0.1, -0.05) is 48.5 Å². The summed E-state index contributed by atoms with van der Waals surface area (Å²) in [5.41, 5.74) is 4.95. The lowest BCUT2D eigenvalue weighted by atomic mass is 9.90. The lowest BCUT2D eigenvalue weighted by Crippen LogP contribution is -2.38. The molecule has 26 heavy (non-hydrogen) atoms. The van der Waals surface area contributed by atoms with Gasteiger partial charge in [-0.3, -0.25) is 0 Å². The Morgan fingerprint density at radius 2 is 1.69 bits per heavy atom. The van der Waals surface area contributed by atoms with E-state index in [1.807, 2.05) is 17.0 Å². The highest BCUT2D eigenvalue weighted by Gasteiger charge is 2.49. The van der Waals surface area contributed by atoms with E-state index in [2.05, 4.69) is 36.4 Å². The molecule has 1 aliphatic carbocycles. The van der Waals surface area contributed by atoms with Gasteiger partial charge in [0.1, 0.15) is 6.61 Å². The Kier molecular flexibility index (Phi) is 3.75. The predicted molar refractivity (Wildman–Crippen MR) is 98.9 cm³/mol. The monoisotopic (exact) mass is 349 g/mol. The van der Waals surface area contributed by atoms with Crippen LogP contribution in [0.3, 0.4) is 0 Å². The molecule has 2 heterocycles. The number of benzene rings is 2. The third-order valence-corrected chi connectivity index (χ3v) is 6.45. The third kappa shape index (κ3) is 2.28. The zero-order valence-electron chi connectivity index (χ0n) is 14.7. The number of hydrogen-bond acceptors (Lipinski definition) is 3. The zero-order chi connectivity index (χ0) is 17.7. The minimum Gasteiger partial charge on any atom is -0.448 e. The van der Waals surface area contributed by atoms with Crippen molar-refractivity contribution in [3.05, 3.63) is 59.7 Å². The number of hydrogen-bond donors (Lipinski definition) is 1. The van der Waals surface area contributed by atoms with E-state index >= 15 is 0 Å². The molecule has 1 amide bonds. The molecule has 0 saturated carbocycles. The topological polar surface area (TPSA) is 49.8 Å². The van der Waals surface area contributed by atoms with Crippen LogP contribution in [0.5, 0.6) is 0 Å². The van der Waals surface area contributed by atoms with Crippen molar-refractivity contribution < 1.29 is 14.6 Å². The van der Waals surface area contributed by atoms with Crippen molar-refractivity contribution >= 4 is 6.09 Å². The number of nitrogens with zero attached hydrogens (tertiary/aromatic N) is 1. The first-order valence-electron chi connectivity index (χ1n) is 9.52. The molecule has 2 aliphatic heterocycles. The third-order valence-electron chi connectivity index (χ3n) is 6.45. The molecular weight excluding hydrogens is 326 g/mol. The Balaban J connectivity index is 1.35. The fourth-order valence-corrected chi connectivity index (χ4v) is 5.26. The van der Waals surface area contributed by atoms with Crippen molar-refractivity contribution in [1.29, 1.82) is 0 Å². The van der Waals surface area contributed by atoms with E-state index in [1.54, 1.807) is 0 Å². The summed E-state index contributed by atoms with van der Waals surface area (Å²) < 4.78 is 5.80. The van der Waals surface area contributed by atoms with Crippen molar-refractivity contribution in [2.24, 2.45) is 5.92 Å². The van der Waals surface area contributed by atoms with Crippen LogP contribution in [0.4, 0.5) is 4.79 Å². The van der Waals surface area contributed by atoms with Crippen LogP contribution < -0.4 is 0 Å². The summed E-state index contributed by atoms with van der Waals surface area (Å²) in [7, 11) is 0. The number of fused-ring (bicyclic) bond motifs is 5. The van der Waals surface area contributed by atoms with Crippen molar-refractivity contribution in [2.45, 2.75) is 37.3 Å². The second kappa shape index (κ2) is 6.13. The van der Waals surface area contributed by atoms with Crippen LogP contribution in [0.25, 0.3) is 11.1 Å². The Hall–Kier alpha value is -2.33. The summed E-state index contributed by atoms with van der Waals surface area (Å²) in [4.78, 5) is 14.7. The van der Waals surface area contributed by atoms with Crippen LogP contribution in [0.2, 0.25) is 0 Å². The molecule has 0 aromatic heterocycles. The van der Waals surface area contributed by atoms with E-state index in [-0.39, 0.29) is 36.6 Å². The molecule has 134 valence electrons. The summed E-state index contributed by atoms with van der Waals surface area (Å²) >= 11 is 0. The minimum absolute atomic E-state index is 0.0974. The Labute approximate surface area is 153 Å². The van der Waals surface area contributed by atoms with Crippen LogP contribution in [-0.4, -0.2) is 41.4 Å². The van der Waals surface area contributed by atoms with Crippen molar-refractivity contribution in [3.63, 3.8) is 0 Å². The molecule has 5 rings (SSSR count). The first-order chi connectivity index (χ1) is 12.8. The Morgan fingerprint density at radius 1 is 1.04 bits per heavy atom. The van der Waals surface area contributed by atoms with Gasteiger partial charge in [0.05, 0.1) is 0 Å². The second-order valence-electron chi connectivity index (χ2n) is 7.69. The highest BCUT2D eigenvalue weighted by Crippen LogP contribution is 2.45. The number of aliphatic hydroxyl groups excluding tert-OH is 1. The number of aliphatic hydroxyl groups is 1. The first kappa shape index (κ1) is 15.9. The fourth-order valence-electron chi connectivity index (χ4n) is 5.26. The summed E-state index contributed by atoms with van der Waals surface area (Å²) in [5, 5.41) is 9.53. The van der Waals surface area contributed by atoms with Crippen molar-refractivity contribution in [1.82, 2.24) is 4.90 Å². The van der Waals surface area contributed by atoms with Crippen LogP contribution in [0.1, 0.15) is 36.3 Å². The molecule has 1 N–H and O–H groups in total. The first-order valence-corrected chi connectivity index (χ1v) is 9.52. The maximum Gasteiger partial charge on any atom is 0.410 e. The van der Waals surface area contributed by atoms with Gasteiger partial charge < -0.3 is 14.7 Å². The van der Waals surface area contributed by atoms with E-state index in [1.165, 1.54) is 22.3 Å². The quantitative estimate of drug-likeness (QED) is 0.917. The molecule has 3 aliphatic rings. The van der Waals surface area contributed by atoms with Crippen LogP contribution in [0.15, 0.2) is 48.5 Å². The van der Waals surface area contributed by atoms with E-state index in [4.69, 9.17) is 4.74 Å². The number of carbonyl (C=O) groups excluding carboxylic acids is 1. The van der Waals surface area contributed by atoms with E-state index in [9.17, 15) is 9.90 Å². The lowest BCUT2D eigenvalue weighted by molar-refractivity contribution is 0.0891. The molecule has 2 aromatic carbocycles. The van der Waals surface area contributed by atoms with Gasteiger partial charge in [0.2, 0.25) is 0 Å². The molecule has 3 atom stereocenters. The number of rotatable bonds is 3. The molecule has 2 saturated heterocycles. The van der Waals surface area contributed by atoms with Gasteiger partial charge in [-0.05, 0) is 41.5 Å². The summed E-state index contributed by atoms with van der Waals surface area (Å²) in [6.07, 6.45) is 2.71. The highest BCUT2D eigenvalue weighted by atomic mass is 16.6. The average Bonchev–Trinajstić information content (AvgIpc) is 3.35. The minimum atomic E-state index is -0.213. The molecule has 0 spiro atoms. The van der Waals surface area contributed by atoms with Gasteiger partial charge in [0, 0.05) is 30.5 Å². The fraction of sp³-hybridized carbons (Fsp3) is 0.409. The van der Waals surface area contributed by atoms with Gasteiger partial charge in [-0.25, -0.2) is 4.79 Å². The largest absolute Gasteiger partial charge is 0.448 e. The Morgan fingerprint density at radius 3 is 2.31 bits per heavy atom. The standard InChI is InChI=1S/C22H23NO3/c24-12-14-11-15-9-10-21(14)23(15)22(25)26-13-20-18-7-3-1-5-16(18)17-6-2-4-8-19(17)20/h1-8,14-15,20-21,24H,9-13H2/t14-,15+,21-/m0/s1. The SMILES string of the molecule is O=C(OCC1c2ccccc2-c2ccccc21)N1[C@@H]2CC[C@H]1[C@H](CO)C2. The van der Waals surface area contributed by atoms with Crippen LogP contribution in [0, 0.1) is 5.92 Å². The molecule has 2 bridgehead atoms. The normalized spacial score (nSPS) is 26.0. The van der Waals surface area contributed by atoms with E-state index in [0.717, 1.165) is 19.3 Å². The van der Waals surface area contributed by atoms with Gasteiger partial charge >= 0.3 is 6.09 Å². The molecule has 0 radical (unpaired) electrons. The Bertz CT molecular complexity index is 803. The smallest absolute Gasteiger partial charge is 0.410 e. The molecule has 4 nitrogen and oxygen atoms in total. The summed E-state index contributed by atoms with van der Waals surface area (Å²) in [6.45, 7) is 0.529. The predicted octanol–water partition coefficient (Wildman–Crippen LogP) is 3.78. The van der Waals surface area contributed by atoms with E-state index < -0.39 is 0 Å². The molecule has 0 unspecified atom stereocenters. The summed E-state index contributed by atoms with van der Waals surface area (Å²) in [5.74, 6) is 0.314. The highest BCUT2D eigenvalue weighted by molar-refractivity contribution is 5.79. The number of ether oxygens (including phenoxy) is 1. The van der Waals surface area contributed by atoms with Gasteiger partial charge in [-0.2, -0.15) is 0 Å². The maximum atomic E-state index is 12.8. The molecule has 2 aromatic rings. The second-order valence-corrected chi connectivity index (χ2v) is 7.69. The summed E-state index contributed by atoms with van der Waals surface area (Å²) in [6, 6.07) is 17.2. The van der Waals surface area contributed by atoms with Crippen molar-refractivity contribution in [3.8, 4) is 11.1 Å². The zero-order valence-corrected chi connectivity index (χ0v) is 14.7.